The lowest BCUT2D eigenvalue weighted by molar-refractivity contribution is -0.0850. The molecule has 1 unspecified atom stereocenters. The largest absolute Gasteiger partial charge is 0.376 e. The summed E-state index contributed by atoms with van der Waals surface area (Å²) in [4.78, 5) is 7.31. The molecule has 1 aromatic heterocycles. The third kappa shape index (κ3) is 4.24. The molecule has 1 fully saturated rings. The number of halogens is 1. The summed E-state index contributed by atoms with van der Waals surface area (Å²) in [5, 5.41) is 7.57. The van der Waals surface area contributed by atoms with Gasteiger partial charge in [0.1, 0.15) is 5.82 Å². The van der Waals surface area contributed by atoms with Crippen LogP contribution in [0.2, 0.25) is 0 Å². The van der Waals surface area contributed by atoms with Crippen LogP contribution >= 0.6 is 0 Å². The van der Waals surface area contributed by atoms with E-state index in [1.165, 1.54) is 12.1 Å². The molecule has 7 heteroatoms. The topological polar surface area (TPSA) is 70.7 Å². The molecule has 3 N–H and O–H groups in total. The van der Waals surface area contributed by atoms with Gasteiger partial charge in [0.2, 0.25) is 0 Å². The molecule has 3 rings (SSSR count). The van der Waals surface area contributed by atoms with Crippen LogP contribution in [0.4, 0.5) is 4.39 Å². The number of fused-ring (bicyclic) bond motifs is 1. The fourth-order valence-electron chi connectivity index (χ4n) is 2.77. The Bertz CT molecular complexity index is 695. The van der Waals surface area contributed by atoms with Gasteiger partial charge in [-0.2, -0.15) is 0 Å². The van der Waals surface area contributed by atoms with E-state index in [9.17, 15) is 4.39 Å². The number of hydrogen-bond acceptors (Lipinski definition) is 3. The highest BCUT2D eigenvalue weighted by molar-refractivity contribution is 5.83. The molecule has 1 atom stereocenters. The number of hydrogen-bond donors (Lipinski definition) is 3. The van der Waals surface area contributed by atoms with E-state index >= 15 is 0 Å². The first kappa shape index (κ1) is 16.7. The highest BCUT2D eigenvalue weighted by Crippen LogP contribution is 2.19. The zero-order chi connectivity index (χ0) is 16.8. The number of nitrogens with zero attached hydrogens (tertiary/aromatic N) is 1. The van der Waals surface area contributed by atoms with Crippen molar-refractivity contribution < 1.29 is 13.9 Å². The SMILES string of the molecule is CN=C(NCCc1c[nH]c2cc(F)ccc12)NCC1COCCO1. The quantitative estimate of drug-likeness (QED) is 0.571. The van der Waals surface area contributed by atoms with Gasteiger partial charge in [-0.25, -0.2) is 4.39 Å². The van der Waals surface area contributed by atoms with Crippen molar-refractivity contribution in [2.45, 2.75) is 12.5 Å². The summed E-state index contributed by atoms with van der Waals surface area (Å²) in [6.45, 7) is 3.30. The molecule has 1 aliphatic heterocycles. The van der Waals surface area contributed by atoms with Crippen molar-refractivity contribution in [1.29, 1.82) is 0 Å². The van der Waals surface area contributed by atoms with E-state index < -0.39 is 0 Å². The summed E-state index contributed by atoms with van der Waals surface area (Å²) >= 11 is 0. The smallest absolute Gasteiger partial charge is 0.191 e. The number of aromatic amines is 1. The number of ether oxygens (including phenoxy) is 2. The highest BCUT2D eigenvalue weighted by Gasteiger charge is 2.14. The fraction of sp³-hybridized carbons (Fsp3) is 0.471. The van der Waals surface area contributed by atoms with E-state index in [4.69, 9.17) is 9.47 Å². The Hall–Kier alpha value is -2.12. The van der Waals surface area contributed by atoms with Gasteiger partial charge in [0.05, 0.1) is 25.9 Å². The molecule has 6 nitrogen and oxygen atoms in total. The number of guanidine groups is 1. The Balaban J connectivity index is 1.47. The third-order valence-electron chi connectivity index (χ3n) is 4.02. The molecule has 130 valence electrons. The van der Waals surface area contributed by atoms with Gasteiger partial charge in [0.25, 0.3) is 0 Å². The van der Waals surface area contributed by atoms with Crippen molar-refractivity contribution in [2.75, 3.05) is 40.0 Å². The predicted molar refractivity (Wildman–Crippen MR) is 91.9 cm³/mol. The Morgan fingerprint density at radius 1 is 1.38 bits per heavy atom. The number of aliphatic imine (C=N–C) groups is 1. The summed E-state index contributed by atoms with van der Waals surface area (Å²) in [5.41, 5.74) is 1.97. The van der Waals surface area contributed by atoms with E-state index in [2.05, 4.69) is 20.6 Å². The number of rotatable bonds is 5. The standard InChI is InChI=1S/C17H23FN4O2/c1-19-17(22-10-14-11-23-6-7-24-14)20-5-4-12-9-21-16-8-13(18)2-3-15(12)16/h2-3,8-9,14,21H,4-7,10-11H2,1H3,(H2,19,20,22). The molecule has 0 bridgehead atoms. The Labute approximate surface area is 140 Å². The van der Waals surface area contributed by atoms with Crippen molar-refractivity contribution in [3.05, 3.63) is 35.8 Å². The average Bonchev–Trinajstić information content (AvgIpc) is 3.01. The van der Waals surface area contributed by atoms with Crippen molar-refractivity contribution in [3.63, 3.8) is 0 Å². The lowest BCUT2D eigenvalue weighted by Gasteiger charge is -2.24. The van der Waals surface area contributed by atoms with Crippen molar-refractivity contribution in [1.82, 2.24) is 15.6 Å². The van der Waals surface area contributed by atoms with Crippen LogP contribution in [0.15, 0.2) is 29.4 Å². The maximum Gasteiger partial charge on any atom is 0.191 e. The van der Waals surface area contributed by atoms with Gasteiger partial charge in [-0.3, -0.25) is 4.99 Å². The maximum atomic E-state index is 13.2. The van der Waals surface area contributed by atoms with Crippen molar-refractivity contribution in [2.24, 2.45) is 4.99 Å². The second kappa shape index (κ2) is 8.12. The van der Waals surface area contributed by atoms with Gasteiger partial charge in [-0.1, -0.05) is 0 Å². The molecule has 2 aromatic rings. The summed E-state index contributed by atoms with van der Waals surface area (Å²) in [7, 11) is 1.74. The zero-order valence-electron chi connectivity index (χ0n) is 13.8. The van der Waals surface area contributed by atoms with Crippen LogP contribution in [0.5, 0.6) is 0 Å². The van der Waals surface area contributed by atoms with E-state index in [1.54, 1.807) is 7.05 Å². The van der Waals surface area contributed by atoms with Crippen LogP contribution in [-0.2, 0) is 15.9 Å². The molecule has 1 aromatic carbocycles. The van der Waals surface area contributed by atoms with Crippen LogP contribution in [-0.4, -0.2) is 57.0 Å². The lowest BCUT2D eigenvalue weighted by atomic mass is 10.1. The Morgan fingerprint density at radius 2 is 2.29 bits per heavy atom. The Morgan fingerprint density at radius 3 is 3.08 bits per heavy atom. The van der Waals surface area contributed by atoms with Gasteiger partial charge in [-0.15, -0.1) is 0 Å². The van der Waals surface area contributed by atoms with Crippen LogP contribution in [0.1, 0.15) is 5.56 Å². The minimum Gasteiger partial charge on any atom is -0.376 e. The van der Waals surface area contributed by atoms with Gasteiger partial charge in [0.15, 0.2) is 5.96 Å². The van der Waals surface area contributed by atoms with E-state index in [-0.39, 0.29) is 11.9 Å². The molecule has 0 aliphatic carbocycles. The summed E-state index contributed by atoms with van der Waals surface area (Å²) in [6.07, 6.45) is 2.80. The first-order valence-corrected chi connectivity index (χ1v) is 8.15. The lowest BCUT2D eigenvalue weighted by Crippen LogP contribution is -2.45. The van der Waals surface area contributed by atoms with Gasteiger partial charge >= 0.3 is 0 Å². The Kier molecular flexibility index (Phi) is 5.66. The molecule has 0 spiro atoms. The first-order valence-electron chi connectivity index (χ1n) is 8.15. The predicted octanol–water partition coefficient (Wildman–Crippen LogP) is 1.43. The van der Waals surface area contributed by atoms with Crippen LogP contribution in [0, 0.1) is 5.82 Å². The first-order chi connectivity index (χ1) is 11.8. The van der Waals surface area contributed by atoms with E-state index in [0.29, 0.717) is 26.4 Å². The molecular formula is C17H23FN4O2. The molecule has 0 saturated carbocycles. The maximum absolute atomic E-state index is 13.2. The average molecular weight is 334 g/mol. The highest BCUT2D eigenvalue weighted by atomic mass is 19.1. The van der Waals surface area contributed by atoms with E-state index in [1.807, 2.05) is 12.3 Å². The normalized spacial score (nSPS) is 18.8. The molecule has 0 amide bonds. The number of benzene rings is 1. The monoisotopic (exact) mass is 334 g/mol. The molecule has 2 heterocycles. The minimum atomic E-state index is -0.229. The molecule has 24 heavy (non-hydrogen) atoms. The number of H-pyrrole nitrogens is 1. The van der Waals surface area contributed by atoms with Crippen LogP contribution in [0.3, 0.4) is 0 Å². The van der Waals surface area contributed by atoms with Gasteiger partial charge < -0.3 is 25.1 Å². The fourth-order valence-corrected chi connectivity index (χ4v) is 2.77. The molecule has 1 saturated heterocycles. The van der Waals surface area contributed by atoms with E-state index in [0.717, 1.165) is 35.4 Å². The van der Waals surface area contributed by atoms with Crippen LogP contribution < -0.4 is 10.6 Å². The summed E-state index contributed by atoms with van der Waals surface area (Å²) in [6, 6.07) is 4.81. The molecule has 1 aliphatic rings. The second-order valence-corrected chi connectivity index (χ2v) is 5.70. The van der Waals surface area contributed by atoms with Gasteiger partial charge in [-0.05, 0) is 30.2 Å². The van der Waals surface area contributed by atoms with Crippen LogP contribution in [0.25, 0.3) is 10.9 Å². The zero-order valence-corrected chi connectivity index (χ0v) is 13.8. The van der Waals surface area contributed by atoms with Crippen molar-refractivity contribution in [3.8, 4) is 0 Å². The van der Waals surface area contributed by atoms with Crippen molar-refractivity contribution >= 4 is 16.9 Å². The minimum absolute atomic E-state index is 0.0563. The second-order valence-electron chi connectivity index (χ2n) is 5.70. The summed E-state index contributed by atoms with van der Waals surface area (Å²) in [5.74, 6) is 0.502. The molecule has 0 radical (unpaired) electrons. The number of aromatic nitrogens is 1. The van der Waals surface area contributed by atoms with Gasteiger partial charge in [0, 0.05) is 37.2 Å². The third-order valence-corrected chi connectivity index (χ3v) is 4.02. The molecular weight excluding hydrogens is 311 g/mol. The summed E-state index contributed by atoms with van der Waals surface area (Å²) < 4.78 is 24.2. The number of nitrogens with one attached hydrogen (secondary N) is 3.